The summed E-state index contributed by atoms with van der Waals surface area (Å²) >= 11 is 1.52. The molecule has 0 spiro atoms. The number of amides is 1. The largest absolute Gasteiger partial charge is 0.481 e. The molecule has 22 heavy (non-hydrogen) atoms. The van der Waals surface area contributed by atoms with Crippen molar-refractivity contribution in [3.8, 4) is 0 Å². The predicted molar refractivity (Wildman–Crippen MR) is 83.2 cm³/mol. The number of halogens is 1. The van der Waals surface area contributed by atoms with Crippen LogP contribution in [0.4, 0.5) is 4.39 Å². The Hall–Kier alpha value is -1.56. The maximum atomic E-state index is 12.8. The third-order valence-corrected chi connectivity index (χ3v) is 4.99. The zero-order valence-electron chi connectivity index (χ0n) is 12.5. The first-order valence-corrected chi connectivity index (χ1v) is 8.35. The van der Waals surface area contributed by atoms with Crippen molar-refractivity contribution in [3.63, 3.8) is 0 Å². The fraction of sp³-hybridized carbons (Fsp3) is 0.500. The van der Waals surface area contributed by atoms with Gasteiger partial charge in [-0.3, -0.25) is 9.59 Å². The van der Waals surface area contributed by atoms with Gasteiger partial charge in [-0.15, -0.1) is 11.8 Å². The molecule has 0 bridgehead atoms. The maximum Gasteiger partial charge on any atom is 0.306 e. The van der Waals surface area contributed by atoms with E-state index in [-0.39, 0.29) is 23.6 Å². The van der Waals surface area contributed by atoms with E-state index in [2.05, 4.69) is 0 Å². The Kier molecular flexibility index (Phi) is 5.83. The third-order valence-electron chi connectivity index (χ3n) is 3.97. The number of rotatable bonds is 5. The van der Waals surface area contributed by atoms with Crippen molar-refractivity contribution in [1.29, 1.82) is 0 Å². The molecule has 0 aromatic heterocycles. The first-order valence-electron chi connectivity index (χ1n) is 7.36. The quantitative estimate of drug-likeness (QED) is 0.846. The monoisotopic (exact) mass is 325 g/mol. The van der Waals surface area contributed by atoms with Crippen molar-refractivity contribution >= 4 is 23.6 Å². The SMILES string of the molecule is CC1CN(C(=O)CCSc2ccc(F)cc2)CCC1C(=O)O. The minimum Gasteiger partial charge on any atom is -0.481 e. The lowest BCUT2D eigenvalue weighted by molar-refractivity contribution is -0.148. The van der Waals surface area contributed by atoms with Gasteiger partial charge in [-0.2, -0.15) is 0 Å². The highest BCUT2D eigenvalue weighted by molar-refractivity contribution is 7.99. The second-order valence-electron chi connectivity index (χ2n) is 5.60. The molecule has 4 nitrogen and oxygen atoms in total. The standard InChI is InChI=1S/C16H20FNO3S/c1-11-10-18(8-6-14(11)16(20)21)15(19)7-9-22-13-4-2-12(17)3-5-13/h2-5,11,14H,6-10H2,1H3,(H,20,21). The van der Waals surface area contributed by atoms with E-state index in [0.29, 0.717) is 31.7 Å². The van der Waals surface area contributed by atoms with Crippen molar-refractivity contribution in [3.05, 3.63) is 30.1 Å². The molecule has 2 unspecified atom stereocenters. The van der Waals surface area contributed by atoms with Crippen molar-refractivity contribution in [1.82, 2.24) is 4.90 Å². The second kappa shape index (κ2) is 7.63. The van der Waals surface area contributed by atoms with E-state index in [9.17, 15) is 14.0 Å². The predicted octanol–water partition coefficient (Wildman–Crippen LogP) is 2.88. The molecule has 1 amide bonds. The smallest absolute Gasteiger partial charge is 0.306 e. The molecule has 0 radical (unpaired) electrons. The molecule has 1 fully saturated rings. The number of hydrogen-bond acceptors (Lipinski definition) is 3. The lowest BCUT2D eigenvalue weighted by Crippen LogP contribution is -2.45. The van der Waals surface area contributed by atoms with Crippen LogP contribution in [-0.4, -0.2) is 40.7 Å². The van der Waals surface area contributed by atoms with E-state index < -0.39 is 5.97 Å². The van der Waals surface area contributed by atoms with Gasteiger partial charge in [-0.05, 0) is 36.6 Å². The highest BCUT2D eigenvalue weighted by Gasteiger charge is 2.32. The van der Waals surface area contributed by atoms with E-state index in [1.165, 1.54) is 23.9 Å². The van der Waals surface area contributed by atoms with Crippen LogP contribution in [0.25, 0.3) is 0 Å². The zero-order valence-corrected chi connectivity index (χ0v) is 13.3. The van der Waals surface area contributed by atoms with Crippen molar-refractivity contribution < 1.29 is 19.1 Å². The van der Waals surface area contributed by atoms with Crippen LogP contribution in [0.15, 0.2) is 29.2 Å². The van der Waals surface area contributed by atoms with Gasteiger partial charge >= 0.3 is 5.97 Å². The molecule has 1 saturated heterocycles. The van der Waals surface area contributed by atoms with Crippen molar-refractivity contribution in [2.75, 3.05) is 18.8 Å². The Balaban J connectivity index is 1.76. The molecule has 1 heterocycles. The number of carboxylic acids is 1. The number of nitrogens with zero attached hydrogens (tertiary/aromatic N) is 1. The maximum absolute atomic E-state index is 12.8. The lowest BCUT2D eigenvalue weighted by atomic mass is 9.87. The molecule has 0 saturated carbocycles. The Bertz CT molecular complexity index is 535. The number of carbonyl (C=O) groups is 2. The molecule has 1 aliphatic heterocycles. The van der Waals surface area contributed by atoms with Crippen LogP contribution in [0, 0.1) is 17.7 Å². The Morgan fingerprint density at radius 1 is 1.36 bits per heavy atom. The summed E-state index contributed by atoms with van der Waals surface area (Å²) in [4.78, 5) is 25.9. The molecule has 6 heteroatoms. The molecule has 2 atom stereocenters. The van der Waals surface area contributed by atoms with Gasteiger partial charge in [0.05, 0.1) is 5.92 Å². The Morgan fingerprint density at radius 2 is 2.05 bits per heavy atom. The van der Waals surface area contributed by atoms with Crippen LogP contribution in [0.5, 0.6) is 0 Å². The highest BCUT2D eigenvalue weighted by atomic mass is 32.2. The molecule has 120 valence electrons. The summed E-state index contributed by atoms with van der Waals surface area (Å²) in [5.41, 5.74) is 0. The van der Waals surface area contributed by atoms with E-state index in [4.69, 9.17) is 5.11 Å². The highest BCUT2D eigenvalue weighted by Crippen LogP contribution is 2.25. The average molecular weight is 325 g/mol. The van der Waals surface area contributed by atoms with Crippen LogP contribution in [0.1, 0.15) is 19.8 Å². The van der Waals surface area contributed by atoms with Gasteiger partial charge < -0.3 is 10.0 Å². The molecule has 2 rings (SSSR count). The summed E-state index contributed by atoms with van der Waals surface area (Å²) in [6.45, 7) is 2.91. The molecular weight excluding hydrogens is 305 g/mol. The number of hydrogen-bond donors (Lipinski definition) is 1. The first-order chi connectivity index (χ1) is 10.5. The Morgan fingerprint density at radius 3 is 2.64 bits per heavy atom. The normalized spacial score (nSPS) is 21.6. The van der Waals surface area contributed by atoms with Gasteiger partial charge in [0.15, 0.2) is 0 Å². The number of carboxylic acid groups (broad SMARTS) is 1. The number of aliphatic carboxylic acids is 1. The third kappa shape index (κ3) is 4.47. The second-order valence-corrected chi connectivity index (χ2v) is 6.77. The Labute approximate surface area is 133 Å². The van der Waals surface area contributed by atoms with Crippen molar-refractivity contribution in [2.45, 2.75) is 24.7 Å². The molecule has 1 aromatic rings. The fourth-order valence-corrected chi connectivity index (χ4v) is 3.53. The van der Waals surface area contributed by atoms with Gasteiger partial charge in [-0.25, -0.2) is 4.39 Å². The van der Waals surface area contributed by atoms with E-state index in [0.717, 1.165) is 4.90 Å². The molecule has 0 aliphatic carbocycles. The van der Waals surface area contributed by atoms with Gasteiger partial charge in [0.25, 0.3) is 0 Å². The van der Waals surface area contributed by atoms with Crippen LogP contribution in [0.2, 0.25) is 0 Å². The van der Waals surface area contributed by atoms with Crippen molar-refractivity contribution in [2.24, 2.45) is 11.8 Å². The fourth-order valence-electron chi connectivity index (χ4n) is 2.68. The molecule has 1 aliphatic rings. The number of carbonyl (C=O) groups excluding carboxylic acids is 1. The van der Waals surface area contributed by atoms with Gasteiger partial charge in [-0.1, -0.05) is 6.92 Å². The number of benzene rings is 1. The number of thioether (sulfide) groups is 1. The number of piperidine rings is 1. The molecule has 1 N–H and O–H groups in total. The summed E-state index contributed by atoms with van der Waals surface area (Å²) in [6, 6.07) is 6.21. The van der Waals surface area contributed by atoms with E-state index in [1.807, 2.05) is 6.92 Å². The summed E-state index contributed by atoms with van der Waals surface area (Å²) in [7, 11) is 0. The van der Waals surface area contributed by atoms with Crippen LogP contribution >= 0.6 is 11.8 Å². The van der Waals surface area contributed by atoms with Gasteiger partial charge in [0, 0.05) is 30.2 Å². The number of likely N-dealkylation sites (tertiary alicyclic amines) is 1. The van der Waals surface area contributed by atoms with Crippen LogP contribution < -0.4 is 0 Å². The van der Waals surface area contributed by atoms with E-state index in [1.54, 1.807) is 17.0 Å². The molecule has 1 aromatic carbocycles. The minimum absolute atomic E-state index is 0.0139. The van der Waals surface area contributed by atoms with Gasteiger partial charge in [0.1, 0.15) is 5.82 Å². The molecular formula is C16H20FNO3S. The van der Waals surface area contributed by atoms with Crippen LogP contribution in [-0.2, 0) is 9.59 Å². The van der Waals surface area contributed by atoms with Gasteiger partial charge in [0.2, 0.25) is 5.91 Å². The minimum atomic E-state index is -0.772. The lowest BCUT2D eigenvalue weighted by Gasteiger charge is -2.35. The first kappa shape index (κ1) is 16.8. The summed E-state index contributed by atoms with van der Waals surface area (Å²) < 4.78 is 12.8. The average Bonchev–Trinajstić information content (AvgIpc) is 2.48. The van der Waals surface area contributed by atoms with E-state index >= 15 is 0 Å². The van der Waals surface area contributed by atoms with Crippen LogP contribution in [0.3, 0.4) is 0 Å². The zero-order chi connectivity index (χ0) is 16.1. The summed E-state index contributed by atoms with van der Waals surface area (Å²) in [6.07, 6.45) is 0.930. The summed E-state index contributed by atoms with van der Waals surface area (Å²) in [5, 5.41) is 9.09. The topological polar surface area (TPSA) is 57.6 Å². The summed E-state index contributed by atoms with van der Waals surface area (Å²) in [5.74, 6) is -0.706.